The van der Waals surface area contributed by atoms with Gasteiger partial charge in [-0.25, -0.2) is 4.79 Å². The van der Waals surface area contributed by atoms with Crippen LogP contribution in [0.25, 0.3) is 0 Å². The van der Waals surface area contributed by atoms with E-state index in [1.54, 1.807) is 7.11 Å². The largest absolute Gasteiger partial charge is 0.379 e. The van der Waals surface area contributed by atoms with Crippen LogP contribution in [0, 0.1) is 5.92 Å². The van der Waals surface area contributed by atoms with Gasteiger partial charge in [-0.05, 0) is 77.5 Å². The van der Waals surface area contributed by atoms with Crippen molar-refractivity contribution in [3.8, 4) is 0 Å². The van der Waals surface area contributed by atoms with Crippen LogP contribution in [0.1, 0.15) is 71.8 Å². The summed E-state index contributed by atoms with van der Waals surface area (Å²) < 4.78 is 18.3. The predicted octanol–water partition coefficient (Wildman–Crippen LogP) is 4.30. The SMILES string of the molecule is CO[C@H]1[C@H](C2(C)O[C@@H]2CC=C(C)C)[C@]2(CC[C@H]1NC(=O)NCCc1ccc(NC(=O)CCCC(C)=O)cc1)CO2. The van der Waals surface area contributed by atoms with Crippen LogP contribution in [0.5, 0.6) is 0 Å². The number of epoxide rings is 2. The molecule has 9 heteroatoms. The number of ether oxygens (including phenoxy) is 3. The molecule has 1 aliphatic carbocycles. The molecule has 2 heterocycles. The van der Waals surface area contributed by atoms with Crippen LogP contribution in [-0.4, -0.2) is 67.4 Å². The van der Waals surface area contributed by atoms with Crippen LogP contribution < -0.4 is 16.0 Å². The fourth-order valence-corrected chi connectivity index (χ4v) is 6.16. The van der Waals surface area contributed by atoms with E-state index in [-0.39, 0.29) is 53.1 Å². The maximum Gasteiger partial charge on any atom is 0.315 e. The zero-order valence-corrected chi connectivity index (χ0v) is 24.5. The number of methoxy groups -OCH3 is 1. The minimum absolute atomic E-state index is 0.0488. The van der Waals surface area contributed by atoms with Crippen LogP contribution >= 0.6 is 0 Å². The minimum atomic E-state index is -0.333. The van der Waals surface area contributed by atoms with Gasteiger partial charge in [0.25, 0.3) is 0 Å². The van der Waals surface area contributed by atoms with E-state index < -0.39 is 0 Å². The summed E-state index contributed by atoms with van der Waals surface area (Å²) in [4.78, 5) is 35.9. The van der Waals surface area contributed by atoms with Gasteiger partial charge in [-0.1, -0.05) is 23.8 Å². The Balaban J connectivity index is 1.24. The zero-order chi connectivity index (χ0) is 28.9. The molecule has 1 unspecified atom stereocenters. The number of urea groups is 1. The highest BCUT2D eigenvalue weighted by Crippen LogP contribution is 2.59. The number of hydrogen-bond acceptors (Lipinski definition) is 6. The van der Waals surface area contributed by atoms with Crippen LogP contribution in [0.3, 0.4) is 0 Å². The number of anilines is 1. The fraction of sp³-hybridized carbons (Fsp3) is 0.645. The van der Waals surface area contributed by atoms with Gasteiger partial charge in [-0.2, -0.15) is 0 Å². The molecular formula is C31H45N3O6. The maximum absolute atomic E-state index is 12.8. The van der Waals surface area contributed by atoms with Crippen molar-refractivity contribution in [1.82, 2.24) is 10.6 Å². The molecule has 0 bridgehead atoms. The van der Waals surface area contributed by atoms with Crippen molar-refractivity contribution in [2.24, 2.45) is 5.92 Å². The molecule has 0 radical (unpaired) electrons. The third kappa shape index (κ3) is 7.50. The highest BCUT2D eigenvalue weighted by molar-refractivity contribution is 5.91. The van der Waals surface area contributed by atoms with Crippen molar-refractivity contribution < 1.29 is 28.6 Å². The number of hydrogen-bond donors (Lipinski definition) is 3. The first-order valence-electron chi connectivity index (χ1n) is 14.5. The molecule has 1 spiro atoms. The molecule has 6 atom stereocenters. The number of carbonyl (C=O) groups excluding carboxylic acids is 3. The van der Waals surface area contributed by atoms with Gasteiger partial charge in [0, 0.05) is 38.1 Å². The number of benzene rings is 1. The Labute approximate surface area is 237 Å². The number of Topliss-reactive ketones (excluding diaryl/α,β-unsaturated/α-hetero) is 1. The van der Waals surface area contributed by atoms with E-state index in [4.69, 9.17) is 14.2 Å². The number of carbonyl (C=O) groups is 3. The van der Waals surface area contributed by atoms with Crippen LogP contribution in [0.15, 0.2) is 35.9 Å². The summed E-state index contributed by atoms with van der Waals surface area (Å²) in [7, 11) is 1.71. The zero-order valence-electron chi connectivity index (χ0n) is 24.5. The lowest BCUT2D eigenvalue weighted by Crippen LogP contribution is -2.60. The monoisotopic (exact) mass is 555 g/mol. The Morgan fingerprint density at radius 1 is 1.12 bits per heavy atom. The van der Waals surface area contributed by atoms with Gasteiger partial charge < -0.3 is 35.0 Å². The van der Waals surface area contributed by atoms with Crippen LogP contribution in [-0.2, 0) is 30.2 Å². The van der Waals surface area contributed by atoms with Crippen LogP contribution in [0.2, 0.25) is 0 Å². The van der Waals surface area contributed by atoms with Gasteiger partial charge in [0.15, 0.2) is 0 Å². The number of nitrogens with one attached hydrogen (secondary N) is 3. The molecule has 1 aromatic rings. The molecule has 3 aliphatic rings. The molecule has 3 N–H and O–H groups in total. The molecule has 2 saturated heterocycles. The predicted molar refractivity (Wildman–Crippen MR) is 153 cm³/mol. The number of amides is 3. The lowest BCUT2D eigenvalue weighted by Gasteiger charge is -2.43. The van der Waals surface area contributed by atoms with Gasteiger partial charge in [0.05, 0.1) is 30.5 Å². The van der Waals surface area contributed by atoms with Crippen molar-refractivity contribution in [1.29, 1.82) is 0 Å². The summed E-state index contributed by atoms with van der Waals surface area (Å²) >= 11 is 0. The van der Waals surface area contributed by atoms with E-state index in [1.807, 2.05) is 24.3 Å². The molecule has 3 fully saturated rings. The van der Waals surface area contributed by atoms with Crippen LogP contribution in [0.4, 0.5) is 10.5 Å². The minimum Gasteiger partial charge on any atom is -0.379 e. The smallest absolute Gasteiger partial charge is 0.315 e. The van der Waals surface area contributed by atoms with Crippen molar-refractivity contribution in [3.63, 3.8) is 0 Å². The van der Waals surface area contributed by atoms with Crippen molar-refractivity contribution in [3.05, 3.63) is 41.5 Å². The molecule has 1 aromatic carbocycles. The van der Waals surface area contributed by atoms with Crippen molar-refractivity contribution >= 4 is 23.4 Å². The highest BCUT2D eigenvalue weighted by atomic mass is 16.6. The van der Waals surface area contributed by atoms with Gasteiger partial charge >= 0.3 is 6.03 Å². The normalized spacial score (nSPS) is 30.3. The Morgan fingerprint density at radius 3 is 2.48 bits per heavy atom. The fourth-order valence-electron chi connectivity index (χ4n) is 6.16. The lowest BCUT2D eigenvalue weighted by molar-refractivity contribution is -0.117. The quantitative estimate of drug-likeness (QED) is 0.246. The van der Waals surface area contributed by atoms with Gasteiger partial charge in [0.2, 0.25) is 5.91 Å². The summed E-state index contributed by atoms with van der Waals surface area (Å²) in [5.74, 6) is 0.0393. The summed E-state index contributed by atoms with van der Waals surface area (Å²) in [6.07, 6.45) is 6.63. The summed E-state index contributed by atoms with van der Waals surface area (Å²) in [5, 5.41) is 8.98. The molecule has 4 rings (SSSR count). The summed E-state index contributed by atoms with van der Waals surface area (Å²) in [6, 6.07) is 7.24. The van der Waals surface area contributed by atoms with Gasteiger partial charge in [-0.3, -0.25) is 4.79 Å². The van der Waals surface area contributed by atoms with E-state index in [9.17, 15) is 14.4 Å². The average Bonchev–Trinajstić information content (AvgIpc) is 3.81. The molecule has 1 saturated carbocycles. The highest BCUT2D eigenvalue weighted by Gasteiger charge is 2.71. The number of ketones is 1. The molecule has 220 valence electrons. The third-order valence-electron chi connectivity index (χ3n) is 8.48. The van der Waals surface area contributed by atoms with Gasteiger partial charge in [0.1, 0.15) is 11.4 Å². The molecule has 2 aliphatic heterocycles. The molecule has 9 nitrogen and oxygen atoms in total. The second-order valence-electron chi connectivity index (χ2n) is 11.9. The Kier molecular flexibility index (Phi) is 9.69. The molecule has 40 heavy (non-hydrogen) atoms. The maximum atomic E-state index is 12.8. The topological polar surface area (TPSA) is 122 Å². The summed E-state index contributed by atoms with van der Waals surface area (Å²) in [6.45, 7) is 9.08. The first-order chi connectivity index (χ1) is 19.1. The third-order valence-corrected chi connectivity index (χ3v) is 8.48. The Bertz CT molecular complexity index is 1090. The Hall–Kier alpha value is -2.75. The van der Waals surface area contributed by atoms with E-state index in [1.165, 1.54) is 12.5 Å². The van der Waals surface area contributed by atoms with Gasteiger partial charge in [-0.15, -0.1) is 0 Å². The number of rotatable bonds is 13. The molecule has 0 aromatic heterocycles. The first kappa shape index (κ1) is 30.2. The summed E-state index contributed by atoms with van der Waals surface area (Å²) in [5.41, 5.74) is 2.49. The lowest BCUT2D eigenvalue weighted by atomic mass is 9.67. The molecular weight excluding hydrogens is 510 g/mol. The van der Waals surface area contributed by atoms with E-state index >= 15 is 0 Å². The van der Waals surface area contributed by atoms with Crippen molar-refractivity contribution in [2.75, 3.05) is 25.6 Å². The molecule has 3 amide bonds. The Morgan fingerprint density at radius 2 is 1.85 bits per heavy atom. The van der Waals surface area contributed by atoms with Crippen molar-refractivity contribution in [2.45, 2.75) is 102 Å². The second-order valence-corrected chi connectivity index (χ2v) is 11.9. The standard InChI is InChI=1S/C31H45N3O6/c1-20(2)9-14-25-30(4,40-25)28-27(38-5)24(15-17-31(28)19-39-31)34-29(37)32-18-16-22-10-12-23(13-11-22)33-26(36)8-6-7-21(3)35/h9-13,24-25,27-28H,6-8,14-19H2,1-5H3,(H,33,36)(H2,32,34,37)/t24-,25-,27-,28-,30?,31+/m1/s1. The van der Waals surface area contributed by atoms with E-state index in [0.717, 1.165) is 24.8 Å². The van der Waals surface area contributed by atoms with E-state index in [0.29, 0.717) is 44.5 Å². The van der Waals surface area contributed by atoms with E-state index in [2.05, 4.69) is 42.8 Å². The second kappa shape index (κ2) is 12.8. The average molecular weight is 556 g/mol. The number of allylic oxidation sites excluding steroid dienone is 1. The first-order valence-corrected chi connectivity index (χ1v) is 14.5.